The summed E-state index contributed by atoms with van der Waals surface area (Å²) in [6.45, 7) is -0.655. The third-order valence-corrected chi connectivity index (χ3v) is 5.25. The molecular weight excluding hydrogens is 437 g/mol. The topological polar surface area (TPSA) is 122 Å². The minimum absolute atomic E-state index is 0.0109. The van der Waals surface area contributed by atoms with E-state index < -0.39 is 34.9 Å². The fraction of sp³-hybridized carbons (Fsp3) is 0.0455. The summed E-state index contributed by atoms with van der Waals surface area (Å²) in [6.07, 6.45) is 0. The molecule has 160 valence electrons. The van der Waals surface area contributed by atoms with E-state index in [2.05, 4.69) is 11.4 Å². The molecule has 10 heteroatoms. The number of amides is 1. The van der Waals surface area contributed by atoms with E-state index >= 15 is 0 Å². The van der Waals surface area contributed by atoms with Gasteiger partial charge in [0.15, 0.2) is 6.61 Å². The first-order valence-electron chi connectivity index (χ1n) is 9.06. The number of nitro groups is 1. The monoisotopic (exact) mass is 451 g/mol. The van der Waals surface area contributed by atoms with Crippen molar-refractivity contribution in [3.8, 4) is 6.07 Å². The third kappa shape index (κ3) is 5.47. The maximum Gasteiger partial charge on any atom is 0.339 e. The highest BCUT2D eigenvalue weighted by Crippen LogP contribution is 2.32. The molecule has 0 fully saturated rings. The van der Waals surface area contributed by atoms with Crippen LogP contribution in [0, 0.1) is 27.3 Å². The molecule has 1 amide bonds. The maximum atomic E-state index is 13.4. The third-order valence-electron chi connectivity index (χ3n) is 4.10. The predicted molar refractivity (Wildman–Crippen MR) is 114 cm³/mol. The molecule has 0 radical (unpaired) electrons. The number of anilines is 1. The molecule has 0 unspecified atom stereocenters. The molecule has 0 aromatic heterocycles. The number of ether oxygens (including phenoxy) is 1. The van der Waals surface area contributed by atoms with Crippen molar-refractivity contribution in [3.05, 3.63) is 93.8 Å². The smallest absolute Gasteiger partial charge is 0.339 e. The average molecular weight is 451 g/mol. The average Bonchev–Trinajstić information content (AvgIpc) is 2.79. The predicted octanol–water partition coefficient (Wildman–Crippen LogP) is 4.55. The van der Waals surface area contributed by atoms with Crippen LogP contribution in [0.4, 0.5) is 15.8 Å². The van der Waals surface area contributed by atoms with Crippen molar-refractivity contribution in [2.75, 3.05) is 11.9 Å². The molecule has 0 heterocycles. The van der Waals surface area contributed by atoms with E-state index in [0.717, 1.165) is 18.2 Å². The Hall–Kier alpha value is -4.23. The minimum Gasteiger partial charge on any atom is -0.452 e. The molecule has 0 bridgehead atoms. The Morgan fingerprint density at radius 2 is 1.78 bits per heavy atom. The number of nitrogens with zero attached hydrogens (tertiary/aromatic N) is 2. The lowest BCUT2D eigenvalue weighted by Crippen LogP contribution is -2.21. The van der Waals surface area contributed by atoms with Crippen LogP contribution in [0.25, 0.3) is 0 Å². The number of hydrogen-bond acceptors (Lipinski definition) is 7. The van der Waals surface area contributed by atoms with Crippen molar-refractivity contribution >= 4 is 35.0 Å². The van der Waals surface area contributed by atoms with Gasteiger partial charge < -0.3 is 10.1 Å². The zero-order valence-corrected chi connectivity index (χ0v) is 17.1. The van der Waals surface area contributed by atoms with E-state index in [1.54, 1.807) is 42.5 Å². The molecule has 3 aromatic carbocycles. The van der Waals surface area contributed by atoms with Gasteiger partial charge in [-0.3, -0.25) is 14.9 Å². The van der Waals surface area contributed by atoms with E-state index in [4.69, 9.17) is 4.74 Å². The molecule has 0 aliphatic carbocycles. The Morgan fingerprint density at radius 1 is 1.09 bits per heavy atom. The lowest BCUT2D eigenvalue weighted by atomic mass is 10.2. The molecule has 3 rings (SSSR count). The van der Waals surface area contributed by atoms with E-state index in [0.29, 0.717) is 15.4 Å². The fourth-order valence-electron chi connectivity index (χ4n) is 2.63. The van der Waals surface area contributed by atoms with E-state index in [1.807, 2.05) is 0 Å². The molecule has 32 heavy (non-hydrogen) atoms. The second-order valence-corrected chi connectivity index (χ2v) is 7.34. The Bertz CT molecular complexity index is 1240. The van der Waals surface area contributed by atoms with Crippen molar-refractivity contribution in [1.82, 2.24) is 0 Å². The van der Waals surface area contributed by atoms with E-state index in [-0.39, 0.29) is 11.3 Å². The number of halogens is 1. The Balaban J connectivity index is 1.67. The second kappa shape index (κ2) is 10.2. The summed E-state index contributed by atoms with van der Waals surface area (Å²) in [5, 5.41) is 22.4. The lowest BCUT2D eigenvalue weighted by Gasteiger charge is -2.10. The van der Waals surface area contributed by atoms with Gasteiger partial charge in [-0.15, -0.1) is 0 Å². The molecule has 0 saturated carbocycles. The fourth-order valence-corrected chi connectivity index (χ4v) is 3.64. The number of nitrogens with one attached hydrogen (secondary N) is 1. The highest BCUT2D eigenvalue weighted by molar-refractivity contribution is 7.99. The first-order valence-corrected chi connectivity index (χ1v) is 9.87. The van der Waals surface area contributed by atoms with Crippen molar-refractivity contribution in [1.29, 1.82) is 5.26 Å². The number of nitriles is 1. The van der Waals surface area contributed by atoms with Gasteiger partial charge in [-0.1, -0.05) is 36.0 Å². The summed E-state index contributed by atoms with van der Waals surface area (Å²) < 4.78 is 18.5. The van der Waals surface area contributed by atoms with Gasteiger partial charge in [0.1, 0.15) is 6.07 Å². The van der Waals surface area contributed by atoms with Crippen LogP contribution in [0.1, 0.15) is 15.9 Å². The van der Waals surface area contributed by atoms with Crippen LogP contribution in [0.3, 0.4) is 0 Å². The van der Waals surface area contributed by atoms with Crippen LogP contribution in [0.15, 0.2) is 76.5 Å². The van der Waals surface area contributed by atoms with Gasteiger partial charge in [-0.25, -0.2) is 4.79 Å². The molecular formula is C22H14FN3O5S. The van der Waals surface area contributed by atoms with Gasteiger partial charge in [-0.05, 0) is 36.4 Å². The van der Waals surface area contributed by atoms with E-state index in [1.165, 1.54) is 17.8 Å². The quantitative estimate of drug-likeness (QED) is 0.318. The summed E-state index contributed by atoms with van der Waals surface area (Å²) >= 11 is 1.21. The Labute approximate surface area is 185 Å². The molecule has 0 aliphatic heterocycles. The first-order chi connectivity index (χ1) is 15.4. The summed E-state index contributed by atoms with van der Waals surface area (Å²) in [5.74, 6) is -2.55. The Morgan fingerprint density at radius 3 is 2.50 bits per heavy atom. The highest BCUT2D eigenvalue weighted by Gasteiger charge is 2.18. The number of nitro benzene ring substituents is 1. The van der Waals surface area contributed by atoms with E-state index in [9.17, 15) is 29.4 Å². The number of rotatable bonds is 7. The summed E-state index contributed by atoms with van der Waals surface area (Å²) in [4.78, 5) is 35.7. The normalized spacial score (nSPS) is 10.1. The van der Waals surface area contributed by atoms with Crippen molar-refractivity contribution < 1.29 is 23.6 Å². The van der Waals surface area contributed by atoms with Gasteiger partial charge in [0.05, 0.1) is 16.1 Å². The maximum absolute atomic E-state index is 13.4. The van der Waals surface area contributed by atoms with Crippen LogP contribution in [-0.2, 0) is 9.53 Å². The number of carbonyl (C=O) groups excluding carboxylic acids is 2. The first kappa shape index (κ1) is 22.5. The van der Waals surface area contributed by atoms with Crippen molar-refractivity contribution in [2.24, 2.45) is 0 Å². The van der Waals surface area contributed by atoms with Crippen molar-refractivity contribution in [2.45, 2.75) is 9.79 Å². The lowest BCUT2D eigenvalue weighted by molar-refractivity contribution is -0.387. The van der Waals surface area contributed by atoms with Gasteiger partial charge in [0, 0.05) is 21.5 Å². The van der Waals surface area contributed by atoms with Gasteiger partial charge in [0.2, 0.25) is 5.82 Å². The largest absolute Gasteiger partial charge is 0.452 e. The molecule has 0 spiro atoms. The zero-order valence-electron chi connectivity index (χ0n) is 16.3. The number of carbonyl (C=O) groups is 2. The Kier molecular flexibility index (Phi) is 7.15. The van der Waals surface area contributed by atoms with Crippen LogP contribution < -0.4 is 5.32 Å². The van der Waals surface area contributed by atoms with Gasteiger partial charge in [-0.2, -0.15) is 9.65 Å². The number of esters is 1. The standard InChI is InChI=1S/C22H14FN3O5S/c23-17-10-9-15(11-18(17)26(29)30)25-21(27)13-31-22(28)16-6-2-4-8-20(16)32-19-7-3-1-5-14(19)12-24/h1-11H,13H2,(H,25,27). The molecule has 0 atom stereocenters. The molecule has 8 nitrogen and oxygen atoms in total. The van der Waals surface area contributed by atoms with Crippen molar-refractivity contribution in [3.63, 3.8) is 0 Å². The molecule has 0 aliphatic rings. The minimum atomic E-state index is -1.04. The molecule has 3 aromatic rings. The summed E-state index contributed by atoms with van der Waals surface area (Å²) in [5.41, 5.74) is -0.143. The van der Waals surface area contributed by atoms with Gasteiger partial charge in [0.25, 0.3) is 5.91 Å². The summed E-state index contributed by atoms with van der Waals surface area (Å²) in [7, 11) is 0. The number of hydrogen-bond donors (Lipinski definition) is 1. The van der Waals surface area contributed by atoms with Crippen LogP contribution in [0.2, 0.25) is 0 Å². The van der Waals surface area contributed by atoms with Crippen LogP contribution in [0.5, 0.6) is 0 Å². The van der Waals surface area contributed by atoms with Crippen LogP contribution >= 0.6 is 11.8 Å². The highest BCUT2D eigenvalue weighted by atomic mass is 32.2. The summed E-state index contributed by atoms with van der Waals surface area (Å²) in [6, 6.07) is 18.5. The molecule has 1 N–H and O–H groups in total. The number of benzene rings is 3. The zero-order chi connectivity index (χ0) is 23.1. The van der Waals surface area contributed by atoms with Crippen LogP contribution in [-0.4, -0.2) is 23.4 Å². The SMILES string of the molecule is N#Cc1ccccc1Sc1ccccc1C(=O)OCC(=O)Nc1ccc(F)c([N+](=O)[O-])c1. The van der Waals surface area contributed by atoms with Gasteiger partial charge >= 0.3 is 11.7 Å². The molecule has 0 saturated heterocycles. The second-order valence-electron chi connectivity index (χ2n) is 6.25.